The van der Waals surface area contributed by atoms with E-state index in [0.717, 1.165) is 23.0 Å². The second-order valence-corrected chi connectivity index (χ2v) is 21.4. The van der Waals surface area contributed by atoms with Crippen LogP contribution in [0.25, 0.3) is 0 Å². The molecule has 0 aliphatic carbocycles. The fourth-order valence-electron chi connectivity index (χ4n) is 2.65. The van der Waals surface area contributed by atoms with Gasteiger partial charge in [-0.3, -0.25) is 8.42 Å². The summed E-state index contributed by atoms with van der Waals surface area (Å²) in [5, 5.41) is 0. The minimum Gasteiger partial charge on any atom is -0.759 e. The van der Waals surface area contributed by atoms with Gasteiger partial charge in [0.1, 0.15) is 0 Å². The maximum atomic E-state index is 8.52. The fourth-order valence-corrected chi connectivity index (χ4v) is 5.68. The van der Waals surface area contributed by atoms with Crippen molar-refractivity contribution >= 4 is 57.4 Å². The minimum absolute atomic E-state index is 0. The molecule has 272 valence electrons. The van der Waals surface area contributed by atoms with E-state index < -0.39 is 10.4 Å². The normalized spacial score (nSPS) is 11.5. The summed E-state index contributed by atoms with van der Waals surface area (Å²) < 4.78 is 35.4. The topological polar surface area (TPSA) is 146 Å². The van der Waals surface area contributed by atoms with Gasteiger partial charge in [-0.05, 0) is 23.0 Å². The standard InChI is InChI=1S/2C16H25S2.H2O4S.2H2O.2Pd/c2*1-15(2,3)17-11-13-8-7-9-14(10-13)12-18-16(4,5)6;1-5(2,3)4;;;;/h2*7-9H,11-12H2,1-6H3;(H2,1,2,3,4);2*1H2;;/q2*-1;;;;;. The quantitative estimate of drug-likeness (QED) is 0.0855. The van der Waals surface area contributed by atoms with Gasteiger partial charge in [-0.1, -0.05) is 83.1 Å². The van der Waals surface area contributed by atoms with Crippen molar-refractivity contribution in [1.29, 1.82) is 0 Å². The van der Waals surface area contributed by atoms with Gasteiger partial charge in [-0.2, -0.15) is 118 Å². The Morgan fingerprint density at radius 1 is 0.511 bits per heavy atom. The van der Waals surface area contributed by atoms with Crippen molar-refractivity contribution in [2.45, 2.75) is 125 Å². The summed E-state index contributed by atoms with van der Waals surface area (Å²) in [6.45, 7) is 27.1. The molecule has 0 aliphatic heterocycles. The Morgan fingerprint density at radius 3 is 0.800 bits per heavy atom. The molecule has 2 aromatic rings. The smallest absolute Gasteiger partial charge is 0.0311 e. The van der Waals surface area contributed by atoms with Gasteiger partial charge in [0, 0.05) is 70.2 Å². The molecule has 0 saturated heterocycles. The molecule has 2 rings (SSSR count). The molecule has 2 aromatic carbocycles. The molecule has 13 heteroatoms. The average molecular weight is 910 g/mol. The molecule has 45 heavy (non-hydrogen) atoms. The number of hydrogen-bond acceptors (Lipinski definition) is 8. The maximum absolute atomic E-state index is 8.52. The van der Waals surface area contributed by atoms with Crippen LogP contribution in [0.1, 0.15) is 105 Å². The van der Waals surface area contributed by atoms with Crippen LogP contribution in [0.4, 0.5) is 0 Å². The first-order valence-corrected chi connectivity index (χ1v) is 18.8. The van der Waals surface area contributed by atoms with Crippen LogP contribution in [-0.2, 0) is 85.2 Å². The van der Waals surface area contributed by atoms with Crippen molar-refractivity contribution in [3.8, 4) is 0 Å². The van der Waals surface area contributed by atoms with Gasteiger partial charge in [0.15, 0.2) is 0 Å². The Bertz CT molecular complexity index is 988. The van der Waals surface area contributed by atoms with E-state index in [4.69, 9.17) is 17.5 Å². The summed E-state index contributed by atoms with van der Waals surface area (Å²) >= 11 is 7.92. The Hall–Kier alpha value is 0.955. The van der Waals surface area contributed by atoms with Crippen molar-refractivity contribution < 1.29 is 69.3 Å². The zero-order valence-corrected chi connectivity index (χ0v) is 35.9. The largest absolute Gasteiger partial charge is 0.759 e. The summed E-state index contributed by atoms with van der Waals surface area (Å²) in [7, 11) is -5.17. The van der Waals surface area contributed by atoms with E-state index in [1.807, 2.05) is 47.0 Å². The monoisotopic (exact) mass is 908 g/mol. The number of rotatable bonds is 8. The van der Waals surface area contributed by atoms with Crippen LogP contribution in [0.5, 0.6) is 0 Å². The number of benzene rings is 2. The van der Waals surface area contributed by atoms with E-state index in [2.05, 4.69) is 132 Å². The maximum Gasteiger partial charge on any atom is 0.0311 e. The van der Waals surface area contributed by atoms with Crippen LogP contribution in [0.15, 0.2) is 36.4 Å². The van der Waals surface area contributed by atoms with E-state index in [1.54, 1.807) is 0 Å². The molecule has 6 N–H and O–H groups in total. The van der Waals surface area contributed by atoms with Gasteiger partial charge in [0.25, 0.3) is 0 Å². The molecule has 0 aliphatic rings. The number of hydrogen-bond donors (Lipinski definition) is 0. The Labute approximate surface area is 319 Å². The van der Waals surface area contributed by atoms with E-state index in [1.165, 1.54) is 22.3 Å². The Morgan fingerprint density at radius 2 is 0.667 bits per heavy atom. The van der Waals surface area contributed by atoms with Crippen molar-refractivity contribution in [3.63, 3.8) is 0 Å². The van der Waals surface area contributed by atoms with Crippen molar-refractivity contribution in [3.05, 3.63) is 70.8 Å². The predicted molar refractivity (Wildman–Crippen MR) is 195 cm³/mol. The van der Waals surface area contributed by atoms with Gasteiger partial charge < -0.3 is 20.1 Å². The zero-order chi connectivity index (χ0) is 32.1. The van der Waals surface area contributed by atoms with Gasteiger partial charge in [0.05, 0.1) is 0 Å². The second-order valence-electron chi connectivity index (χ2n) is 13.4. The van der Waals surface area contributed by atoms with Crippen molar-refractivity contribution in [1.82, 2.24) is 0 Å². The summed E-state index contributed by atoms with van der Waals surface area (Å²) in [4.78, 5) is 0. The minimum atomic E-state index is -5.17. The first-order chi connectivity index (χ1) is 18.3. The van der Waals surface area contributed by atoms with Crippen LogP contribution in [-0.4, -0.2) is 36.5 Å². The zero-order valence-electron chi connectivity index (χ0n) is 28.8. The van der Waals surface area contributed by atoms with Crippen molar-refractivity contribution in [2.75, 3.05) is 0 Å². The summed E-state index contributed by atoms with van der Waals surface area (Å²) in [5.41, 5.74) is 5.28. The van der Waals surface area contributed by atoms with Gasteiger partial charge in [0.2, 0.25) is 0 Å². The molecule has 0 aromatic heterocycles. The molecule has 0 amide bonds. The van der Waals surface area contributed by atoms with Crippen LogP contribution >= 0.6 is 47.0 Å². The van der Waals surface area contributed by atoms with Gasteiger partial charge in [-0.25, -0.2) is 0 Å². The van der Waals surface area contributed by atoms with Gasteiger partial charge in [-0.15, -0.1) is 0 Å². The third-order valence-electron chi connectivity index (χ3n) is 4.47. The average Bonchev–Trinajstić information content (AvgIpc) is 2.77. The third-order valence-corrected chi connectivity index (χ3v) is 9.76. The van der Waals surface area contributed by atoms with Crippen LogP contribution in [0.2, 0.25) is 0 Å². The molecule has 0 fully saturated rings. The van der Waals surface area contributed by atoms with E-state index in [-0.39, 0.29) is 51.8 Å². The van der Waals surface area contributed by atoms with Crippen LogP contribution in [0, 0.1) is 12.1 Å². The molecule has 0 atom stereocenters. The molecule has 0 bridgehead atoms. The third kappa shape index (κ3) is 41.0. The molecule has 0 saturated carbocycles. The molecule has 0 heterocycles. The second kappa shape index (κ2) is 25.0. The van der Waals surface area contributed by atoms with Crippen LogP contribution < -0.4 is 0 Å². The molecular formula is C32H56O6Pd2S5-2. The van der Waals surface area contributed by atoms with Gasteiger partial charge >= 0.3 is 0 Å². The summed E-state index contributed by atoms with van der Waals surface area (Å²) in [6, 6.07) is 20.2. The molecular weight excluding hydrogens is 854 g/mol. The van der Waals surface area contributed by atoms with E-state index in [0.29, 0.717) is 19.0 Å². The molecule has 0 spiro atoms. The van der Waals surface area contributed by atoms with Crippen molar-refractivity contribution in [2.24, 2.45) is 0 Å². The van der Waals surface area contributed by atoms with E-state index >= 15 is 0 Å². The molecule has 0 unspecified atom stereocenters. The molecule has 6 nitrogen and oxygen atoms in total. The SMILES string of the molecule is CC(C)(C)SCc1[c-]c(CSC(C)(C)C)ccc1.CC(C)(C)SCc1[c-]c(CSC(C)(C)C)ccc1.O=S(=O)([O-])[O-].[OH3+].[OH3+].[Pd].[Pd]. The first kappa shape index (κ1) is 55.4. The fraction of sp³-hybridized carbons (Fsp3) is 0.625. The number of thioether (sulfide) groups is 4. The van der Waals surface area contributed by atoms with Crippen LogP contribution in [0.3, 0.4) is 0 Å². The molecule has 0 radical (unpaired) electrons. The first-order valence-electron chi connectivity index (χ1n) is 13.5. The summed E-state index contributed by atoms with van der Waals surface area (Å²) in [5.74, 6) is 4.21. The Kier molecular flexibility index (Phi) is 30.7. The van der Waals surface area contributed by atoms with E-state index in [9.17, 15) is 0 Å². The predicted octanol–water partition coefficient (Wildman–Crippen LogP) is 7.91. The summed E-state index contributed by atoms with van der Waals surface area (Å²) in [6.07, 6.45) is 0. The Balaban J connectivity index is -0.000000191.